The van der Waals surface area contributed by atoms with Gasteiger partial charge in [0.2, 0.25) is 0 Å². The molecule has 0 fully saturated rings. The van der Waals surface area contributed by atoms with Crippen molar-refractivity contribution in [1.29, 1.82) is 0 Å². The fraction of sp³-hybridized carbons (Fsp3) is 0.235. The van der Waals surface area contributed by atoms with Crippen LogP contribution in [0.1, 0.15) is 21.5 Å². The Morgan fingerprint density at radius 1 is 1.19 bits per heavy atom. The predicted octanol–water partition coefficient (Wildman–Crippen LogP) is 2.17. The summed E-state index contributed by atoms with van der Waals surface area (Å²) in [6.07, 6.45) is 1.75. The van der Waals surface area contributed by atoms with Gasteiger partial charge in [0.05, 0.1) is 12.7 Å². The van der Waals surface area contributed by atoms with Gasteiger partial charge in [0.1, 0.15) is 5.75 Å². The van der Waals surface area contributed by atoms with Gasteiger partial charge in [0.25, 0.3) is 5.91 Å². The van der Waals surface area contributed by atoms with Crippen LogP contribution in [0.4, 0.5) is 5.69 Å². The molecule has 0 spiro atoms. The first-order valence-electron chi connectivity index (χ1n) is 6.98. The molecule has 0 unspecified atom stereocenters. The lowest BCUT2D eigenvalue weighted by atomic mass is 10.1. The maximum absolute atomic E-state index is 12.3. The molecule has 0 radical (unpaired) electrons. The topological polar surface area (TPSA) is 64.3 Å². The fourth-order valence-electron chi connectivity index (χ4n) is 2.80. The third-order valence-electron chi connectivity index (χ3n) is 3.89. The largest absolute Gasteiger partial charge is 0.497 e. The summed E-state index contributed by atoms with van der Waals surface area (Å²) in [5.74, 6) is 0.519. The number of nitrogens with one attached hydrogen (secondary N) is 1. The van der Waals surface area contributed by atoms with Crippen molar-refractivity contribution in [3.8, 4) is 5.75 Å². The molecular formula is C17H18N2O2. The van der Waals surface area contributed by atoms with Crippen molar-refractivity contribution < 1.29 is 9.53 Å². The highest BCUT2D eigenvalue weighted by Gasteiger charge is 2.23. The molecule has 0 atom stereocenters. The van der Waals surface area contributed by atoms with Crippen molar-refractivity contribution in [3.05, 3.63) is 59.2 Å². The fourth-order valence-corrected chi connectivity index (χ4v) is 2.80. The zero-order chi connectivity index (χ0) is 14.8. The van der Waals surface area contributed by atoms with Crippen LogP contribution in [0.25, 0.3) is 0 Å². The lowest BCUT2D eigenvalue weighted by molar-refractivity contribution is 0.0939. The lowest BCUT2D eigenvalue weighted by Crippen LogP contribution is -2.35. The number of methoxy groups -OCH3 is 1. The quantitative estimate of drug-likeness (QED) is 0.848. The molecule has 0 aromatic heterocycles. The van der Waals surface area contributed by atoms with Gasteiger partial charge in [0, 0.05) is 17.8 Å². The number of nitrogens with two attached hydrogens (primary N) is 1. The van der Waals surface area contributed by atoms with E-state index in [4.69, 9.17) is 10.5 Å². The van der Waals surface area contributed by atoms with E-state index in [0.717, 1.165) is 12.8 Å². The van der Waals surface area contributed by atoms with Crippen LogP contribution in [0, 0.1) is 0 Å². The average Bonchev–Trinajstić information content (AvgIpc) is 2.88. The van der Waals surface area contributed by atoms with Gasteiger partial charge in [-0.1, -0.05) is 24.3 Å². The van der Waals surface area contributed by atoms with E-state index >= 15 is 0 Å². The third-order valence-corrected chi connectivity index (χ3v) is 3.89. The summed E-state index contributed by atoms with van der Waals surface area (Å²) in [7, 11) is 1.57. The number of anilines is 1. The number of benzene rings is 2. The molecule has 21 heavy (non-hydrogen) atoms. The highest BCUT2D eigenvalue weighted by atomic mass is 16.5. The molecule has 2 aromatic carbocycles. The summed E-state index contributed by atoms with van der Waals surface area (Å²) in [4.78, 5) is 12.3. The Kier molecular flexibility index (Phi) is 3.52. The maximum Gasteiger partial charge on any atom is 0.253 e. The average molecular weight is 282 g/mol. The van der Waals surface area contributed by atoms with Crippen molar-refractivity contribution in [2.24, 2.45) is 0 Å². The Labute approximate surface area is 123 Å². The summed E-state index contributed by atoms with van der Waals surface area (Å²) in [6, 6.07) is 13.5. The second kappa shape index (κ2) is 5.48. The van der Waals surface area contributed by atoms with Crippen LogP contribution in [-0.2, 0) is 12.8 Å². The minimum Gasteiger partial charge on any atom is -0.497 e. The molecule has 1 amide bonds. The standard InChI is InChI=1S/C17H18N2O2/c1-21-14-6-7-15(16(18)10-14)17(20)19-13-8-11-4-2-3-5-12(11)9-13/h2-7,10,13H,8-9,18H2,1H3,(H,19,20). The van der Waals surface area contributed by atoms with E-state index in [0.29, 0.717) is 17.0 Å². The Morgan fingerprint density at radius 2 is 1.86 bits per heavy atom. The Morgan fingerprint density at radius 3 is 2.43 bits per heavy atom. The van der Waals surface area contributed by atoms with Crippen molar-refractivity contribution in [3.63, 3.8) is 0 Å². The number of nitrogen functional groups attached to an aromatic ring is 1. The van der Waals surface area contributed by atoms with Gasteiger partial charge in [0.15, 0.2) is 0 Å². The molecule has 0 heterocycles. The van der Waals surface area contributed by atoms with Gasteiger partial charge in [-0.15, -0.1) is 0 Å². The summed E-state index contributed by atoms with van der Waals surface area (Å²) in [5, 5.41) is 3.06. The minimum absolute atomic E-state index is 0.132. The van der Waals surface area contributed by atoms with Crippen molar-refractivity contribution in [2.75, 3.05) is 12.8 Å². The summed E-state index contributed by atoms with van der Waals surface area (Å²) in [6.45, 7) is 0. The van der Waals surface area contributed by atoms with Crippen LogP contribution in [0.3, 0.4) is 0 Å². The van der Waals surface area contributed by atoms with E-state index in [9.17, 15) is 4.79 Å². The van der Waals surface area contributed by atoms with Gasteiger partial charge >= 0.3 is 0 Å². The van der Waals surface area contributed by atoms with E-state index in [1.165, 1.54) is 11.1 Å². The van der Waals surface area contributed by atoms with Crippen LogP contribution in [0.15, 0.2) is 42.5 Å². The monoisotopic (exact) mass is 282 g/mol. The minimum atomic E-state index is -0.132. The SMILES string of the molecule is COc1ccc(C(=O)NC2Cc3ccccc3C2)c(N)c1. The number of ether oxygens (including phenoxy) is 1. The molecule has 3 rings (SSSR count). The number of carbonyl (C=O) groups excluding carboxylic acids is 1. The van der Waals surface area contributed by atoms with E-state index in [1.54, 1.807) is 25.3 Å². The van der Waals surface area contributed by atoms with E-state index < -0.39 is 0 Å². The van der Waals surface area contributed by atoms with Crippen LogP contribution in [0.2, 0.25) is 0 Å². The smallest absolute Gasteiger partial charge is 0.253 e. The molecule has 4 nitrogen and oxygen atoms in total. The number of carbonyl (C=O) groups is 1. The van der Waals surface area contributed by atoms with Crippen LogP contribution in [0.5, 0.6) is 5.75 Å². The van der Waals surface area contributed by atoms with Crippen molar-refractivity contribution in [1.82, 2.24) is 5.32 Å². The zero-order valence-corrected chi connectivity index (χ0v) is 11.9. The van der Waals surface area contributed by atoms with Crippen molar-refractivity contribution in [2.45, 2.75) is 18.9 Å². The highest BCUT2D eigenvalue weighted by molar-refractivity contribution is 5.99. The van der Waals surface area contributed by atoms with E-state index in [2.05, 4.69) is 17.4 Å². The summed E-state index contributed by atoms with van der Waals surface area (Å²) < 4.78 is 5.09. The van der Waals surface area contributed by atoms with Gasteiger partial charge in [-0.2, -0.15) is 0 Å². The van der Waals surface area contributed by atoms with Gasteiger partial charge < -0.3 is 15.8 Å². The lowest BCUT2D eigenvalue weighted by Gasteiger charge is -2.13. The Balaban J connectivity index is 1.71. The molecule has 0 aliphatic heterocycles. The molecule has 0 saturated heterocycles. The Hall–Kier alpha value is -2.49. The molecule has 0 saturated carbocycles. The van der Waals surface area contributed by atoms with Crippen LogP contribution in [-0.4, -0.2) is 19.1 Å². The number of rotatable bonds is 3. The van der Waals surface area contributed by atoms with Crippen molar-refractivity contribution >= 4 is 11.6 Å². The molecule has 1 aliphatic carbocycles. The third kappa shape index (κ3) is 2.70. The Bertz CT molecular complexity index is 657. The first kappa shape index (κ1) is 13.5. The maximum atomic E-state index is 12.3. The summed E-state index contributed by atoms with van der Waals surface area (Å²) >= 11 is 0. The van der Waals surface area contributed by atoms with Crippen LogP contribution < -0.4 is 15.8 Å². The number of hydrogen-bond acceptors (Lipinski definition) is 3. The van der Waals surface area contributed by atoms with Crippen LogP contribution >= 0.6 is 0 Å². The number of fused-ring (bicyclic) bond motifs is 1. The van der Waals surface area contributed by atoms with E-state index in [1.807, 2.05) is 12.1 Å². The molecule has 108 valence electrons. The molecule has 4 heteroatoms. The summed E-state index contributed by atoms with van der Waals surface area (Å²) in [5.41, 5.74) is 9.46. The molecule has 2 aromatic rings. The number of hydrogen-bond donors (Lipinski definition) is 2. The molecule has 0 bridgehead atoms. The van der Waals surface area contributed by atoms with Gasteiger partial charge in [-0.05, 0) is 36.1 Å². The first-order valence-corrected chi connectivity index (χ1v) is 6.98. The highest BCUT2D eigenvalue weighted by Crippen LogP contribution is 2.23. The normalized spacial score (nSPS) is 13.8. The predicted molar refractivity (Wildman–Crippen MR) is 82.5 cm³/mol. The van der Waals surface area contributed by atoms with Gasteiger partial charge in [-0.25, -0.2) is 0 Å². The second-order valence-corrected chi connectivity index (χ2v) is 5.30. The molecule has 1 aliphatic rings. The number of amides is 1. The second-order valence-electron chi connectivity index (χ2n) is 5.30. The molecular weight excluding hydrogens is 264 g/mol. The molecule has 3 N–H and O–H groups in total. The van der Waals surface area contributed by atoms with E-state index in [-0.39, 0.29) is 11.9 Å². The first-order chi connectivity index (χ1) is 10.2. The van der Waals surface area contributed by atoms with Gasteiger partial charge in [-0.3, -0.25) is 4.79 Å². The zero-order valence-electron chi connectivity index (χ0n) is 11.9.